The Balaban J connectivity index is 1.54. The maximum Gasteiger partial charge on any atom is 0.337 e. The number of imidazole rings is 1. The minimum Gasteiger partial charge on any atom is -0.478 e. The molecule has 1 N–H and O–H groups in total. The monoisotopic (exact) mass is 438 g/mol. The second-order valence-electron chi connectivity index (χ2n) is 7.67. The Kier molecular flexibility index (Phi) is 4.22. The molecule has 1 aliphatic rings. The summed E-state index contributed by atoms with van der Waals surface area (Å²) < 4.78 is 9.33. The van der Waals surface area contributed by atoms with E-state index in [0.717, 1.165) is 27.9 Å². The molecule has 0 aliphatic carbocycles. The second kappa shape index (κ2) is 7.27. The van der Waals surface area contributed by atoms with Gasteiger partial charge in [-0.15, -0.1) is 5.10 Å². The van der Waals surface area contributed by atoms with E-state index in [1.54, 1.807) is 22.9 Å². The van der Waals surface area contributed by atoms with E-state index in [4.69, 9.17) is 4.74 Å². The number of benzene rings is 3. The molecule has 162 valence electrons. The van der Waals surface area contributed by atoms with Crippen molar-refractivity contribution in [3.63, 3.8) is 0 Å². The van der Waals surface area contributed by atoms with Gasteiger partial charge in [-0.1, -0.05) is 48.5 Å². The number of tetrazole rings is 1. The van der Waals surface area contributed by atoms with Crippen LogP contribution in [0.1, 0.15) is 22.8 Å². The SMILES string of the molecule is CCOc1nc2cccc(C(=O)O)c2n1Cc1ccc(-c2ccccc2)c2c1-c1nnnn1-2. The number of hydrogen-bond donors (Lipinski definition) is 1. The van der Waals surface area contributed by atoms with Gasteiger partial charge < -0.3 is 9.84 Å². The fraction of sp³-hybridized carbons (Fsp3) is 0.125. The van der Waals surface area contributed by atoms with E-state index < -0.39 is 5.97 Å². The number of para-hydroxylation sites is 1. The van der Waals surface area contributed by atoms with Gasteiger partial charge in [0.25, 0.3) is 6.01 Å². The Bertz CT molecular complexity index is 1540. The Morgan fingerprint density at radius 3 is 2.70 bits per heavy atom. The van der Waals surface area contributed by atoms with Crippen LogP contribution < -0.4 is 4.74 Å². The molecular weight excluding hydrogens is 420 g/mol. The van der Waals surface area contributed by atoms with Crippen molar-refractivity contribution in [1.29, 1.82) is 0 Å². The summed E-state index contributed by atoms with van der Waals surface area (Å²) in [5, 5.41) is 21.9. The van der Waals surface area contributed by atoms with E-state index >= 15 is 0 Å². The predicted molar refractivity (Wildman–Crippen MR) is 121 cm³/mol. The smallest absolute Gasteiger partial charge is 0.337 e. The number of fused-ring (bicyclic) bond motifs is 5. The van der Waals surface area contributed by atoms with Crippen LogP contribution in [0.5, 0.6) is 6.01 Å². The topological polar surface area (TPSA) is 108 Å². The Morgan fingerprint density at radius 2 is 1.91 bits per heavy atom. The zero-order chi connectivity index (χ0) is 22.5. The second-order valence-corrected chi connectivity index (χ2v) is 7.67. The third-order valence-electron chi connectivity index (χ3n) is 5.82. The third kappa shape index (κ3) is 2.82. The lowest BCUT2D eigenvalue weighted by molar-refractivity contribution is 0.0698. The molecular formula is C24H18N6O3. The highest BCUT2D eigenvalue weighted by atomic mass is 16.5. The van der Waals surface area contributed by atoms with Crippen molar-refractivity contribution in [1.82, 2.24) is 29.8 Å². The summed E-state index contributed by atoms with van der Waals surface area (Å²) in [6.45, 7) is 2.65. The van der Waals surface area contributed by atoms with E-state index in [9.17, 15) is 9.90 Å². The summed E-state index contributed by atoms with van der Waals surface area (Å²) in [7, 11) is 0. The Hall–Kier alpha value is -4.53. The molecule has 0 atom stereocenters. The van der Waals surface area contributed by atoms with Gasteiger partial charge in [-0.05, 0) is 40.6 Å². The van der Waals surface area contributed by atoms with Crippen molar-refractivity contribution in [2.45, 2.75) is 13.5 Å². The summed E-state index contributed by atoms with van der Waals surface area (Å²) >= 11 is 0. The van der Waals surface area contributed by atoms with Gasteiger partial charge >= 0.3 is 5.97 Å². The van der Waals surface area contributed by atoms with E-state index in [2.05, 4.69) is 20.5 Å². The van der Waals surface area contributed by atoms with Crippen LogP contribution in [0.3, 0.4) is 0 Å². The van der Waals surface area contributed by atoms with Gasteiger partial charge in [0.2, 0.25) is 0 Å². The maximum atomic E-state index is 11.9. The van der Waals surface area contributed by atoms with Crippen molar-refractivity contribution >= 4 is 17.0 Å². The van der Waals surface area contributed by atoms with Gasteiger partial charge in [0, 0.05) is 5.56 Å². The quantitative estimate of drug-likeness (QED) is 0.421. The standard InChI is InChI=1S/C24H18N6O3/c1-2-33-24-25-18-10-6-9-17(23(31)32)20(18)29(24)13-15-11-12-16(14-7-4-3-5-8-14)21-19(15)22-26-27-28-30(21)22/h3-12H,2,13H2,1H3,(H,31,32). The first-order valence-corrected chi connectivity index (χ1v) is 10.5. The van der Waals surface area contributed by atoms with Crippen molar-refractivity contribution in [3.05, 3.63) is 71.8 Å². The van der Waals surface area contributed by atoms with Gasteiger partial charge in [-0.2, -0.15) is 9.67 Å². The zero-order valence-corrected chi connectivity index (χ0v) is 17.6. The fourth-order valence-electron chi connectivity index (χ4n) is 4.42. The molecule has 0 unspecified atom stereocenters. The van der Waals surface area contributed by atoms with E-state index in [-0.39, 0.29) is 5.56 Å². The Labute approximate surface area is 187 Å². The number of hydrogen-bond acceptors (Lipinski definition) is 6. The minimum atomic E-state index is -1.01. The summed E-state index contributed by atoms with van der Waals surface area (Å²) in [6, 6.07) is 19.6. The molecule has 0 bridgehead atoms. The molecule has 0 saturated carbocycles. The maximum absolute atomic E-state index is 11.9. The largest absolute Gasteiger partial charge is 0.478 e. The van der Waals surface area contributed by atoms with Crippen LogP contribution in [0.2, 0.25) is 0 Å². The summed E-state index contributed by atoms with van der Waals surface area (Å²) in [6.07, 6.45) is 0. The first-order chi connectivity index (χ1) is 16.2. The van der Waals surface area contributed by atoms with E-state index in [1.165, 1.54) is 0 Å². The number of nitrogens with zero attached hydrogens (tertiary/aromatic N) is 6. The number of carbonyl (C=O) groups is 1. The molecule has 9 heteroatoms. The average Bonchev–Trinajstić information content (AvgIpc) is 3.39. The molecule has 0 fully saturated rings. The van der Waals surface area contributed by atoms with Gasteiger partial charge in [0.15, 0.2) is 5.82 Å². The van der Waals surface area contributed by atoms with Crippen molar-refractivity contribution < 1.29 is 14.6 Å². The molecule has 3 aromatic carbocycles. The lowest BCUT2D eigenvalue weighted by Gasteiger charge is -2.25. The number of carboxylic acids is 1. The molecule has 33 heavy (non-hydrogen) atoms. The van der Waals surface area contributed by atoms with Crippen LogP contribution in [-0.2, 0) is 6.54 Å². The summed E-state index contributed by atoms with van der Waals surface area (Å²) in [5.74, 6) is -0.334. The van der Waals surface area contributed by atoms with Crippen molar-refractivity contribution in [2.24, 2.45) is 0 Å². The van der Waals surface area contributed by atoms with Crippen LogP contribution in [-0.4, -0.2) is 47.4 Å². The highest BCUT2D eigenvalue weighted by molar-refractivity contribution is 6.01. The van der Waals surface area contributed by atoms with E-state index in [0.29, 0.717) is 36.0 Å². The number of aromatic nitrogens is 6. The molecule has 0 saturated heterocycles. The molecule has 0 spiro atoms. The van der Waals surface area contributed by atoms with Gasteiger partial charge in [-0.3, -0.25) is 4.57 Å². The lowest BCUT2D eigenvalue weighted by Crippen LogP contribution is -2.17. The average molecular weight is 438 g/mol. The molecule has 5 aromatic rings. The highest BCUT2D eigenvalue weighted by Gasteiger charge is 2.33. The zero-order valence-electron chi connectivity index (χ0n) is 17.6. The molecule has 9 nitrogen and oxygen atoms in total. The molecule has 0 radical (unpaired) electrons. The van der Waals surface area contributed by atoms with Crippen LogP contribution in [0.25, 0.3) is 39.2 Å². The molecule has 0 amide bonds. The highest BCUT2D eigenvalue weighted by Crippen LogP contribution is 2.45. The molecule has 1 aliphatic heterocycles. The Morgan fingerprint density at radius 1 is 1.06 bits per heavy atom. The number of ether oxygens (including phenoxy) is 1. The molecule has 2 aromatic heterocycles. The summed E-state index contributed by atoms with van der Waals surface area (Å²) in [4.78, 5) is 16.5. The first-order valence-electron chi connectivity index (χ1n) is 10.5. The normalized spacial score (nSPS) is 11.7. The van der Waals surface area contributed by atoms with Crippen molar-refractivity contribution in [3.8, 4) is 34.2 Å². The van der Waals surface area contributed by atoms with Gasteiger partial charge in [-0.25, -0.2) is 4.79 Å². The lowest BCUT2D eigenvalue weighted by atomic mass is 9.91. The fourth-order valence-corrected chi connectivity index (χ4v) is 4.42. The molecule has 6 rings (SSSR count). The molecule has 3 heterocycles. The predicted octanol–water partition coefficient (Wildman–Crippen LogP) is 3.80. The number of aromatic carboxylic acids is 1. The van der Waals surface area contributed by atoms with Crippen LogP contribution in [0.4, 0.5) is 0 Å². The van der Waals surface area contributed by atoms with Gasteiger partial charge in [0.05, 0.1) is 41.0 Å². The number of rotatable bonds is 6. The van der Waals surface area contributed by atoms with Crippen LogP contribution in [0, 0.1) is 0 Å². The third-order valence-corrected chi connectivity index (χ3v) is 5.82. The van der Waals surface area contributed by atoms with Crippen LogP contribution in [0.15, 0.2) is 60.7 Å². The van der Waals surface area contributed by atoms with Crippen LogP contribution >= 0.6 is 0 Å². The number of carboxylic acid groups (broad SMARTS) is 1. The summed E-state index contributed by atoms with van der Waals surface area (Å²) in [5.41, 5.74) is 6.19. The minimum absolute atomic E-state index is 0.176. The van der Waals surface area contributed by atoms with Gasteiger partial charge in [0.1, 0.15) is 0 Å². The van der Waals surface area contributed by atoms with E-state index in [1.807, 2.05) is 54.0 Å². The first kappa shape index (κ1) is 19.2. The van der Waals surface area contributed by atoms with Crippen molar-refractivity contribution in [2.75, 3.05) is 6.61 Å².